The molecule has 0 heterocycles. The molecule has 0 aliphatic rings. The van der Waals surface area contributed by atoms with E-state index in [1.54, 1.807) is 12.1 Å². The Morgan fingerprint density at radius 3 is 2.50 bits per heavy atom. The Morgan fingerprint density at radius 1 is 1.14 bits per heavy atom. The van der Waals surface area contributed by atoms with E-state index < -0.39 is 0 Å². The lowest BCUT2D eigenvalue weighted by Crippen LogP contribution is -2.22. The maximum absolute atomic E-state index is 11.7. The lowest BCUT2D eigenvalue weighted by atomic mass is 10.1. The smallest absolute Gasteiger partial charge is 0.276 e. The van der Waals surface area contributed by atoms with Crippen molar-refractivity contribution in [3.8, 4) is 0 Å². The van der Waals surface area contributed by atoms with Crippen LogP contribution in [0.5, 0.6) is 0 Å². The molecule has 1 aromatic rings. The van der Waals surface area contributed by atoms with Gasteiger partial charge in [-0.3, -0.25) is 10.0 Å². The molecule has 1 rings (SSSR count). The molecule has 0 aromatic heterocycles. The predicted octanol–water partition coefficient (Wildman–Crippen LogP) is 5.30. The van der Waals surface area contributed by atoms with E-state index in [9.17, 15) is 10.0 Å². The zero-order valence-electron chi connectivity index (χ0n) is 13.9. The van der Waals surface area contributed by atoms with Crippen LogP contribution in [-0.2, 0) is 0 Å². The fourth-order valence-electron chi connectivity index (χ4n) is 2.40. The van der Waals surface area contributed by atoms with E-state index in [0.717, 1.165) is 12.0 Å². The van der Waals surface area contributed by atoms with Gasteiger partial charge in [0.25, 0.3) is 5.91 Å². The van der Waals surface area contributed by atoms with Crippen LogP contribution < -0.4 is 0 Å². The minimum atomic E-state index is -0.387. The van der Waals surface area contributed by atoms with Gasteiger partial charge in [-0.05, 0) is 30.5 Å². The van der Waals surface area contributed by atoms with Crippen molar-refractivity contribution in [2.24, 2.45) is 0 Å². The molecule has 22 heavy (non-hydrogen) atoms. The molecule has 0 saturated heterocycles. The van der Waals surface area contributed by atoms with Crippen LogP contribution in [0, 0.1) is 0 Å². The third kappa shape index (κ3) is 7.41. The van der Waals surface area contributed by atoms with Gasteiger partial charge in [0.1, 0.15) is 0 Å². The van der Waals surface area contributed by atoms with Gasteiger partial charge in [0.2, 0.25) is 0 Å². The maximum Gasteiger partial charge on any atom is 0.276 e. The molecule has 1 N–H and O–H groups in total. The van der Waals surface area contributed by atoms with E-state index in [4.69, 9.17) is 0 Å². The van der Waals surface area contributed by atoms with Gasteiger partial charge in [-0.2, -0.15) is 0 Å². The van der Waals surface area contributed by atoms with Crippen molar-refractivity contribution in [2.45, 2.75) is 58.3 Å². The van der Waals surface area contributed by atoms with Crippen LogP contribution in [0.15, 0.2) is 30.3 Å². The normalized spacial score (nSPS) is 11.0. The van der Waals surface area contributed by atoms with Gasteiger partial charge in [0.05, 0.1) is 0 Å². The van der Waals surface area contributed by atoms with E-state index in [-0.39, 0.29) is 5.91 Å². The second-order valence-corrected chi connectivity index (χ2v) is 5.77. The molecule has 0 fully saturated rings. The third-order valence-electron chi connectivity index (χ3n) is 3.71. The largest absolute Gasteiger partial charge is 0.286 e. The van der Waals surface area contributed by atoms with Gasteiger partial charge in [-0.15, -0.1) is 0 Å². The molecule has 1 amide bonds. The van der Waals surface area contributed by atoms with Crippen LogP contribution in [0.4, 0.5) is 0 Å². The number of benzene rings is 1. The van der Waals surface area contributed by atoms with Crippen molar-refractivity contribution in [3.05, 3.63) is 41.5 Å². The summed E-state index contributed by atoms with van der Waals surface area (Å²) in [6, 6.07) is 7.32. The average molecular weight is 303 g/mol. The molecule has 3 heteroatoms. The Balaban J connectivity index is 2.29. The first-order chi connectivity index (χ1) is 10.6. The quantitative estimate of drug-likeness (QED) is 0.362. The SMILES string of the molecule is CCCCCCCCC/C=C/c1cccc(C(=O)N(C)O)c1. The van der Waals surface area contributed by atoms with Gasteiger partial charge in [0.15, 0.2) is 0 Å². The van der Waals surface area contributed by atoms with E-state index in [0.29, 0.717) is 10.6 Å². The van der Waals surface area contributed by atoms with Crippen molar-refractivity contribution in [2.75, 3.05) is 7.05 Å². The van der Waals surface area contributed by atoms with Crippen LogP contribution in [0.25, 0.3) is 6.08 Å². The number of hydrogen-bond donors (Lipinski definition) is 1. The van der Waals surface area contributed by atoms with Crippen LogP contribution in [0.2, 0.25) is 0 Å². The number of rotatable bonds is 10. The molecular weight excluding hydrogens is 274 g/mol. The summed E-state index contributed by atoms with van der Waals surface area (Å²) in [6.07, 6.45) is 14.5. The maximum atomic E-state index is 11.7. The van der Waals surface area contributed by atoms with Gasteiger partial charge in [-0.25, -0.2) is 5.06 Å². The second kappa shape index (κ2) is 11.0. The number of carbonyl (C=O) groups excluding carboxylic acids is 1. The van der Waals surface area contributed by atoms with Crippen LogP contribution in [0.1, 0.15) is 74.2 Å². The molecule has 0 bridgehead atoms. The number of allylic oxidation sites excluding steroid dienone is 1. The first kappa shape index (κ1) is 18.4. The fraction of sp³-hybridized carbons (Fsp3) is 0.526. The van der Waals surface area contributed by atoms with E-state index in [2.05, 4.69) is 13.0 Å². The van der Waals surface area contributed by atoms with Crippen molar-refractivity contribution in [1.82, 2.24) is 5.06 Å². The Morgan fingerprint density at radius 2 is 1.82 bits per heavy atom. The van der Waals surface area contributed by atoms with E-state index >= 15 is 0 Å². The zero-order valence-corrected chi connectivity index (χ0v) is 13.9. The summed E-state index contributed by atoms with van der Waals surface area (Å²) in [4.78, 5) is 11.7. The first-order valence-corrected chi connectivity index (χ1v) is 8.38. The molecule has 0 aliphatic heterocycles. The molecule has 1 aromatic carbocycles. The summed E-state index contributed by atoms with van der Waals surface area (Å²) >= 11 is 0. The molecule has 0 radical (unpaired) electrons. The van der Waals surface area contributed by atoms with Gasteiger partial charge in [0, 0.05) is 12.6 Å². The standard InChI is InChI=1S/C19H29NO2/c1-3-4-5-6-7-8-9-10-11-13-17-14-12-15-18(16-17)19(21)20(2)22/h11-16,22H,3-10H2,1-2H3/b13-11+. The van der Waals surface area contributed by atoms with Crippen molar-refractivity contribution >= 4 is 12.0 Å². The molecule has 0 saturated carbocycles. The number of hydrogen-bond acceptors (Lipinski definition) is 2. The molecule has 0 spiro atoms. The molecule has 122 valence electrons. The minimum absolute atomic E-state index is 0.387. The summed E-state index contributed by atoms with van der Waals surface area (Å²) in [5.74, 6) is -0.387. The third-order valence-corrected chi connectivity index (χ3v) is 3.71. The molecule has 0 unspecified atom stereocenters. The number of hydroxylamine groups is 2. The Bertz CT molecular complexity index is 466. The summed E-state index contributed by atoms with van der Waals surface area (Å²) in [5, 5.41) is 9.79. The first-order valence-electron chi connectivity index (χ1n) is 8.38. The number of amides is 1. The van der Waals surface area contributed by atoms with Crippen LogP contribution >= 0.6 is 0 Å². The highest BCUT2D eigenvalue weighted by atomic mass is 16.5. The van der Waals surface area contributed by atoms with E-state index in [1.807, 2.05) is 18.2 Å². The number of nitrogens with zero attached hydrogens (tertiary/aromatic N) is 1. The Hall–Kier alpha value is -1.61. The summed E-state index contributed by atoms with van der Waals surface area (Å²) in [5.41, 5.74) is 1.50. The summed E-state index contributed by atoms with van der Waals surface area (Å²) in [6.45, 7) is 2.24. The molecule has 0 aliphatic carbocycles. The van der Waals surface area contributed by atoms with Crippen molar-refractivity contribution < 1.29 is 10.0 Å². The minimum Gasteiger partial charge on any atom is -0.286 e. The van der Waals surface area contributed by atoms with Gasteiger partial charge in [-0.1, -0.05) is 69.7 Å². The molecule has 3 nitrogen and oxygen atoms in total. The van der Waals surface area contributed by atoms with Crippen LogP contribution in [-0.4, -0.2) is 23.2 Å². The molecular formula is C19H29NO2. The zero-order chi connectivity index (χ0) is 16.2. The highest BCUT2D eigenvalue weighted by Crippen LogP contribution is 2.11. The van der Waals surface area contributed by atoms with Crippen molar-refractivity contribution in [1.29, 1.82) is 0 Å². The Labute approximate surface area is 134 Å². The average Bonchev–Trinajstić information content (AvgIpc) is 2.52. The van der Waals surface area contributed by atoms with Gasteiger partial charge >= 0.3 is 0 Å². The number of carbonyl (C=O) groups is 1. The predicted molar refractivity (Wildman–Crippen MR) is 92.0 cm³/mol. The Kier molecular flexibility index (Phi) is 9.24. The molecule has 0 atom stereocenters. The monoisotopic (exact) mass is 303 g/mol. The van der Waals surface area contributed by atoms with Crippen molar-refractivity contribution in [3.63, 3.8) is 0 Å². The second-order valence-electron chi connectivity index (χ2n) is 5.77. The number of unbranched alkanes of at least 4 members (excludes halogenated alkanes) is 7. The van der Waals surface area contributed by atoms with E-state index in [1.165, 1.54) is 52.0 Å². The lowest BCUT2D eigenvalue weighted by Gasteiger charge is -2.08. The van der Waals surface area contributed by atoms with Gasteiger partial charge < -0.3 is 0 Å². The fourth-order valence-corrected chi connectivity index (χ4v) is 2.40. The van der Waals surface area contributed by atoms with Crippen LogP contribution in [0.3, 0.4) is 0 Å². The lowest BCUT2D eigenvalue weighted by molar-refractivity contribution is -0.0374. The summed E-state index contributed by atoms with van der Waals surface area (Å²) < 4.78 is 0. The summed E-state index contributed by atoms with van der Waals surface area (Å²) in [7, 11) is 1.34. The highest BCUT2D eigenvalue weighted by Gasteiger charge is 2.08. The topological polar surface area (TPSA) is 40.5 Å². The highest BCUT2D eigenvalue weighted by molar-refractivity contribution is 5.93.